The third kappa shape index (κ3) is 5.53. The number of rotatable bonds is 9. The number of unbranched alkanes of at least 4 members (excludes halogenated alkanes) is 1. The standard InChI is InChI=1S/C20H22N2O4/c21-17(20(25)26)8-4-5-13-22-19(24)16-11-9-15(10-12-16)18(23)14-6-2-1-3-7-14/h1-3,6-7,9-12,17H,4-5,8,13,21H2,(H,22,24)(H,25,26)/t17-/m1/s1. The minimum absolute atomic E-state index is 0.0904. The Labute approximate surface area is 152 Å². The summed E-state index contributed by atoms with van der Waals surface area (Å²) in [6.45, 7) is 0.440. The Balaban J connectivity index is 1.81. The van der Waals surface area contributed by atoms with E-state index in [0.717, 1.165) is 0 Å². The van der Waals surface area contributed by atoms with Gasteiger partial charge in [-0.1, -0.05) is 42.5 Å². The van der Waals surface area contributed by atoms with Crippen LogP contribution in [0.15, 0.2) is 54.6 Å². The number of hydrogen-bond acceptors (Lipinski definition) is 4. The second-order valence-electron chi connectivity index (χ2n) is 5.97. The molecule has 2 aromatic rings. The highest BCUT2D eigenvalue weighted by atomic mass is 16.4. The van der Waals surface area contributed by atoms with Crippen LogP contribution in [0.4, 0.5) is 0 Å². The van der Waals surface area contributed by atoms with Crippen LogP contribution in [-0.4, -0.2) is 35.4 Å². The molecule has 0 aliphatic carbocycles. The lowest BCUT2D eigenvalue weighted by atomic mass is 10.0. The van der Waals surface area contributed by atoms with E-state index in [4.69, 9.17) is 10.8 Å². The average Bonchev–Trinajstić information content (AvgIpc) is 2.67. The number of carboxylic acids is 1. The Morgan fingerprint density at radius 2 is 1.46 bits per heavy atom. The van der Waals surface area contributed by atoms with E-state index < -0.39 is 12.0 Å². The van der Waals surface area contributed by atoms with E-state index in [2.05, 4.69) is 5.32 Å². The highest BCUT2D eigenvalue weighted by molar-refractivity contribution is 6.09. The normalized spacial score (nSPS) is 11.6. The number of carboxylic acid groups (broad SMARTS) is 1. The first-order valence-corrected chi connectivity index (χ1v) is 8.45. The Bertz CT molecular complexity index is 757. The van der Waals surface area contributed by atoms with Crippen molar-refractivity contribution in [3.05, 3.63) is 71.3 Å². The van der Waals surface area contributed by atoms with Gasteiger partial charge in [-0.05, 0) is 31.4 Å². The van der Waals surface area contributed by atoms with E-state index in [-0.39, 0.29) is 11.7 Å². The summed E-state index contributed by atoms with van der Waals surface area (Å²) >= 11 is 0. The van der Waals surface area contributed by atoms with Gasteiger partial charge in [-0.15, -0.1) is 0 Å². The zero-order chi connectivity index (χ0) is 18.9. The molecule has 0 radical (unpaired) electrons. The fourth-order valence-corrected chi connectivity index (χ4v) is 2.45. The number of hydrogen-bond donors (Lipinski definition) is 3. The molecule has 26 heavy (non-hydrogen) atoms. The van der Waals surface area contributed by atoms with E-state index in [9.17, 15) is 14.4 Å². The van der Waals surface area contributed by atoms with Crippen molar-refractivity contribution in [1.29, 1.82) is 0 Å². The van der Waals surface area contributed by atoms with Crippen molar-refractivity contribution >= 4 is 17.7 Å². The van der Waals surface area contributed by atoms with E-state index in [0.29, 0.717) is 42.5 Å². The van der Waals surface area contributed by atoms with Gasteiger partial charge >= 0.3 is 5.97 Å². The zero-order valence-electron chi connectivity index (χ0n) is 14.4. The van der Waals surface area contributed by atoms with Gasteiger partial charge in [0, 0.05) is 23.2 Å². The van der Waals surface area contributed by atoms with Crippen molar-refractivity contribution in [2.24, 2.45) is 5.73 Å². The molecule has 0 spiro atoms. The lowest BCUT2D eigenvalue weighted by Gasteiger charge is -2.08. The molecule has 2 rings (SSSR count). The molecule has 136 valence electrons. The number of carbonyl (C=O) groups excluding carboxylic acids is 2. The molecule has 1 atom stereocenters. The Morgan fingerprint density at radius 1 is 0.885 bits per heavy atom. The van der Waals surface area contributed by atoms with Gasteiger partial charge in [0.05, 0.1) is 0 Å². The molecule has 0 saturated carbocycles. The van der Waals surface area contributed by atoms with Crippen LogP contribution in [0.3, 0.4) is 0 Å². The van der Waals surface area contributed by atoms with Crippen molar-refractivity contribution in [1.82, 2.24) is 5.32 Å². The molecule has 0 bridgehead atoms. The molecule has 1 amide bonds. The largest absolute Gasteiger partial charge is 0.480 e. The maximum absolute atomic E-state index is 12.3. The van der Waals surface area contributed by atoms with Gasteiger partial charge in [-0.3, -0.25) is 14.4 Å². The van der Waals surface area contributed by atoms with Gasteiger partial charge in [0.2, 0.25) is 0 Å². The van der Waals surface area contributed by atoms with E-state index in [1.54, 1.807) is 48.5 Å². The van der Waals surface area contributed by atoms with Gasteiger partial charge in [0.25, 0.3) is 5.91 Å². The third-order valence-electron chi connectivity index (χ3n) is 3.99. The van der Waals surface area contributed by atoms with Crippen LogP contribution in [0.1, 0.15) is 45.5 Å². The average molecular weight is 354 g/mol. The summed E-state index contributed by atoms with van der Waals surface area (Å²) in [7, 11) is 0. The van der Waals surface area contributed by atoms with Crippen LogP contribution in [0.2, 0.25) is 0 Å². The number of ketones is 1. The molecule has 6 heteroatoms. The molecule has 0 heterocycles. The second kappa shape index (κ2) is 9.48. The lowest BCUT2D eigenvalue weighted by molar-refractivity contribution is -0.138. The number of benzene rings is 2. The smallest absolute Gasteiger partial charge is 0.320 e. The number of amides is 1. The predicted octanol–water partition coefficient (Wildman–Crippen LogP) is 2.23. The van der Waals surface area contributed by atoms with Crippen molar-refractivity contribution in [3.8, 4) is 0 Å². The molecule has 2 aromatic carbocycles. The molecular weight excluding hydrogens is 332 g/mol. The van der Waals surface area contributed by atoms with E-state index in [1.807, 2.05) is 6.07 Å². The van der Waals surface area contributed by atoms with Crippen LogP contribution in [0.5, 0.6) is 0 Å². The van der Waals surface area contributed by atoms with Gasteiger partial charge in [-0.2, -0.15) is 0 Å². The van der Waals surface area contributed by atoms with Crippen molar-refractivity contribution in [2.75, 3.05) is 6.54 Å². The van der Waals surface area contributed by atoms with Crippen LogP contribution < -0.4 is 11.1 Å². The SMILES string of the molecule is N[C@H](CCCCNC(=O)c1ccc(C(=O)c2ccccc2)cc1)C(=O)O. The monoisotopic (exact) mass is 354 g/mol. The summed E-state index contributed by atoms with van der Waals surface area (Å²) in [4.78, 5) is 35.0. The maximum Gasteiger partial charge on any atom is 0.320 e. The van der Waals surface area contributed by atoms with Gasteiger partial charge in [0.1, 0.15) is 6.04 Å². The molecule has 6 nitrogen and oxygen atoms in total. The molecule has 0 fully saturated rings. The summed E-state index contributed by atoms with van der Waals surface area (Å²) in [5, 5.41) is 11.5. The van der Waals surface area contributed by atoms with Crippen LogP contribution in [0, 0.1) is 0 Å². The van der Waals surface area contributed by atoms with Crippen molar-refractivity contribution < 1.29 is 19.5 Å². The minimum atomic E-state index is -1.01. The quantitative estimate of drug-likeness (QED) is 0.472. The summed E-state index contributed by atoms with van der Waals surface area (Å²) in [6, 6.07) is 14.6. The Kier molecular flexibility index (Phi) is 7.05. The zero-order valence-corrected chi connectivity index (χ0v) is 14.4. The summed E-state index contributed by atoms with van der Waals surface area (Å²) in [6.07, 6.45) is 1.65. The summed E-state index contributed by atoms with van der Waals surface area (Å²) in [5.41, 5.74) is 7.01. The second-order valence-corrected chi connectivity index (χ2v) is 5.97. The molecule has 0 aliphatic rings. The van der Waals surface area contributed by atoms with Crippen LogP contribution in [0.25, 0.3) is 0 Å². The fraction of sp³-hybridized carbons (Fsp3) is 0.250. The summed E-state index contributed by atoms with van der Waals surface area (Å²) in [5.74, 6) is -1.34. The molecule has 0 aromatic heterocycles. The maximum atomic E-state index is 12.3. The number of carbonyl (C=O) groups is 3. The topological polar surface area (TPSA) is 109 Å². The first kappa shape index (κ1) is 19.3. The van der Waals surface area contributed by atoms with Gasteiger partial charge in [0.15, 0.2) is 5.78 Å². The number of nitrogens with one attached hydrogen (secondary N) is 1. The Hall–Kier alpha value is -2.99. The van der Waals surface area contributed by atoms with Gasteiger partial charge < -0.3 is 16.2 Å². The first-order chi connectivity index (χ1) is 12.5. The van der Waals surface area contributed by atoms with E-state index >= 15 is 0 Å². The van der Waals surface area contributed by atoms with Crippen LogP contribution in [-0.2, 0) is 4.79 Å². The predicted molar refractivity (Wildman–Crippen MR) is 98.1 cm³/mol. The van der Waals surface area contributed by atoms with Crippen molar-refractivity contribution in [2.45, 2.75) is 25.3 Å². The molecule has 0 saturated heterocycles. The highest BCUT2D eigenvalue weighted by Gasteiger charge is 2.12. The third-order valence-corrected chi connectivity index (χ3v) is 3.99. The number of aliphatic carboxylic acids is 1. The minimum Gasteiger partial charge on any atom is -0.480 e. The molecule has 4 N–H and O–H groups in total. The molecule has 0 unspecified atom stereocenters. The van der Waals surface area contributed by atoms with Crippen LogP contribution >= 0.6 is 0 Å². The van der Waals surface area contributed by atoms with Crippen molar-refractivity contribution in [3.63, 3.8) is 0 Å². The summed E-state index contributed by atoms with van der Waals surface area (Å²) < 4.78 is 0. The fourth-order valence-electron chi connectivity index (χ4n) is 2.45. The molecular formula is C20H22N2O4. The van der Waals surface area contributed by atoms with Gasteiger partial charge in [-0.25, -0.2) is 0 Å². The molecule has 0 aliphatic heterocycles. The Morgan fingerprint density at radius 3 is 2.08 bits per heavy atom. The first-order valence-electron chi connectivity index (χ1n) is 8.45. The number of nitrogens with two attached hydrogens (primary N) is 1. The van der Waals surface area contributed by atoms with E-state index in [1.165, 1.54) is 0 Å². The highest BCUT2D eigenvalue weighted by Crippen LogP contribution is 2.11. The lowest BCUT2D eigenvalue weighted by Crippen LogP contribution is -2.30.